The summed E-state index contributed by atoms with van der Waals surface area (Å²) in [4.78, 5) is 13.7. The Hall–Kier alpha value is -2.19. The molecule has 4 heteroatoms. The number of hydrogen-bond donors (Lipinski definition) is 0. The molecule has 0 bridgehead atoms. The van der Waals surface area contributed by atoms with Crippen molar-refractivity contribution in [2.24, 2.45) is 4.99 Å². The van der Waals surface area contributed by atoms with Gasteiger partial charge in [0, 0.05) is 11.8 Å². The SMILES string of the molecule is Cc1cnn(-c2ccccc2CN=C=O)c1. The van der Waals surface area contributed by atoms with Crippen LogP contribution < -0.4 is 0 Å². The van der Waals surface area contributed by atoms with Crippen LogP contribution >= 0.6 is 0 Å². The molecular formula is C12H11N3O. The van der Waals surface area contributed by atoms with Gasteiger partial charge in [0.15, 0.2) is 0 Å². The number of para-hydroxylation sites is 1. The Bertz CT molecular complexity index is 539. The van der Waals surface area contributed by atoms with E-state index < -0.39 is 0 Å². The number of nitrogens with zero attached hydrogens (tertiary/aromatic N) is 3. The number of isocyanates is 1. The molecule has 0 aliphatic rings. The Labute approximate surface area is 93.2 Å². The van der Waals surface area contributed by atoms with E-state index in [4.69, 9.17) is 0 Å². The summed E-state index contributed by atoms with van der Waals surface area (Å²) in [5, 5.41) is 4.23. The molecule has 2 rings (SSSR count). The monoisotopic (exact) mass is 213 g/mol. The van der Waals surface area contributed by atoms with Crippen LogP contribution in [0.3, 0.4) is 0 Å². The fraction of sp³-hybridized carbons (Fsp3) is 0.167. The van der Waals surface area contributed by atoms with E-state index in [-0.39, 0.29) is 0 Å². The van der Waals surface area contributed by atoms with Gasteiger partial charge in [0.1, 0.15) is 0 Å². The number of benzene rings is 1. The fourth-order valence-electron chi connectivity index (χ4n) is 1.53. The van der Waals surface area contributed by atoms with Gasteiger partial charge in [-0.1, -0.05) is 18.2 Å². The maximum Gasteiger partial charge on any atom is 0.235 e. The molecule has 1 aromatic carbocycles. The van der Waals surface area contributed by atoms with Crippen molar-refractivity contribution in [3.8, 4) is 5.69 Å². The minimum Gasteiger partial charge on any atom is -0.240 e. The van der Waals surface area contributed by atoms with Gasteiger partial charge in [-0.15, -0.1) is 0 Å². The molecule has 0 amide bonds. The Morgan fingerprint density at radius 1 is 1.44 bits per heavy atom. The summed E-state index contributed by atoms with van der Waals surface area (Å²) in [7, 11) is 0. The molecule has 1 heterocycles. The predicted octanol–water partition coefficient (Wildman–Crippen LogP) is 2.02. The Balaban J connectivity index is 2.43. The molecule has 0 atom stereocenters. The summed E-state index contributed by atoms with van der Waals surface area (Å²) >= 11 is 0. The van der Waals surface area contributed by atoms with Gasteiger partial charge in [-0.05, 0) is 18.6 Å². The standard InChI is InChI=1S/C12H11N3O/c1-10-6-14-15(8-10)12-5-3-2-4-11(12)7-13-9-16/h2-6,8H,7H2,1H3. The minimum absolute atomic E-state index is 0.332. The molecule has 0 spiro atoms. The van der Waals surface area contributed by atoms with Gasteiger partial charge in [-0.25, -0.2) is 14.5 Å². The molecule has 80 valence electrons. The molecule has 0 fully saturated rings. The lowest BCUT2D eigenvalue weighted by Crippen LogP contribution is -1.99. The largest absolute Gasteiger partial charge is 0.240 e. The van der Waals surface area contributed by atoms with Crippen LogP contribution in [0.1, 0.15) is 11.1 Å². The van der Waals surface area contributed by atoms with E-state index >= 15 is 0 Å². The lowest BCUT2D eigenvalue weighted by molar-refractivity contribution is 0.562. The number of aliphatic imine (C=N–C) groups is 1. The predicted molar refractivity (Wildman–Crippen MR) is 60.1 cm³/mol. The minimum atomic E-state index is 0.332. The van der Waals surface area contributed by atoms with E-state index in [1.165, 1.54) is 0 Å². The van der Waals surface area contributed by atoms with Gasteiger partial charge in [-0.3, -0.25) is 0 Å². The van der Waals surface area contributed by atoms with E-state index in [0.29, 0.717) is 6.54 Å². The summed E-state index contributed by atoms with van der Waals surface area (Å²) in [5.41, 5.74) is 2.98. The van der Waals surface area contributed by atoms with Crippen molar-refractivity contribution in [2.45, 2.75) is 13.5 Å². The Morgan fingerprint density at radius 3 is 2.94 bits per heavy atom. The van der Waals surface area contributed by atoms with Crippen molar-refractivity contribution >= 4 is 6.08 Å². The first-order valence-corrected chi connectivity index (χ1v) is 4.94. The first kappa shape index (κ1) is 10.3. The average molecular weight is 213 g/mol. The molecule has 0 saturated heterocycles. The summed E-state index contributed by atoms with van der Waals surface area (Å²) < 4.78 is 1.78. The van der Waals surface area contributed by atoms with E-state index in [1.807, 2.05) is 37.4 Å². The zero-order chi connectivity index (χ0) is 11.4. The van der Waals surface area contributed by atoms with Crippen LogP contribution in [0.4, 0.5) is 0 Å². The van der Waals surface area contributed by atoms with Gasteiger partial charge in [0.2, 0.25) is 6.08 Å². The number of aryl methyl sites for hydroxylation is 1. The van der Waals surface area contributed by atoms with Gasteiger partial charge < -0.3 is 0 Å². The second kappa shape index (κ2) is 4.55. The Kier molecular flexibility index (Phi) is 2.94. The van der Waals surface area contributed by atoms with Crippen LogP contribution in [0.25, 0.3) is 5.69 Å². The van der Waals surface area contributed by atoms with Crippen LogP contribution in [-0.4, -0.2) is 15.9 Å². The van der Waals surface area contributed by atoms with Crippen LogP contribution in [-0.2, 0) is 11.3 Å². The first-order chi connectivity index (χ1) is 7.81. The summed E-state index contributed by atoms with van der Waals surface area (Å²) in [6.45, 7) is 2.31. The summed E-state index contributed by atoms with van der Waals surface area (Å²) in [6, 6.07) is 7.71. The van der Waals surface area contributed by atoms with Crippen LogP contribution in [0.5, 0.6) is 0 Å². The van der Waals surface area contributed by atoms with Crippen LogP contribution in [0, 0.1) is 6.92 Å². The van der Waals surface area contributed by atoms with Crippen molar-refractivity contribution in [3.05, 3.63) is 47.8 Å². The zero-order valence-electron chi connectivity index (χ0n) is 8.92. The van der Waals surface area contributed by atoms with Crippen LogP contribution in [0.2, 0.25) is 0 Å². The highest BCUT2D eigenvalue weighted by Crippen LogP contribution is 2.15. The Morgan fingerprint density at radius 2 is 2.25 bits per heavy atom. The average Bonchev–Trinajstić information content (AvgIpc) is 2.73. The smallest absolute Gasteiger partial charge is 0.235 e. The third-order valence-corrected chi connectivity index (χ3v) is 2.26. The number of rotatable bonds is 3. The maximum atomic E-state index is 10.1. The number of aromatic nitrogens is 2. The van der Waals surface area contributed by atoms with Crippen molar-refractivity contribution in [3.63, 3.8) is 0 Å². The van der Waals surface area contributed by atoms with Crippen molar-refractivity contribution in [2.75, 3.05) is 0 Å². The molecule has 0 saturated carbocycles. The highest BCUT2D eigenvalue weighted by Gasteiger charge is 2.03. The van der Waals surface area contributed by atoms with Crippen molar-refractivity contribution in [1.82, 2.24) is 9.78 Å². The molecule has 0 N–H and O–H groups in total. The topological polar surface area (TPSA) is 47.2 Å². The van der Waals surface area contributed by atoms with Gasteiger partial charge in [-0.2, -0.15) is 5.10 Å². The van der Waals surface area contributed by atoms with E-state index in [1.54, 1.807) is 17.0 Å². The van der Waals surface area contributed by atoms with Crippen molar-refractivity contribution in [1.29, 1.82) is 0 Å². The lowest BCUT2D eigenvalue weighted by atomic mass is 10.2. The van der Waals surface area contributed by atoms with E-state index in [9.17, 15) is 4.79 Å². The second-order valence-electron chi connectivity index (χ2n) is 3.50. The fourth-order valence-corrected chi connectivity index (χ4v) is 1.53. The van der Waals surface area contributed by atoms with E-state index in [0.717, 1.165) is 16.8 Å². The number of carbonyl (C=O) groups excluding carboxylic acids is 1. The molecule has 16 heavy (non-hydrogen) atoms. The molecule has 4 nitrogen and oxygen atoms in total. The molecule has 0 aliphatic carbocycles. The number of hydrogen-bond acceptors (Lipinski definition) is 3. The molecule has 2 aromatic rings. The second-order valence-corrected chi connectivity index (χ2v) is 3.50. The maximum absolute atomic E-state index is 10.1. The molecule has 1 aromatic heterocycles. The highest BCUT2D eigenvalue weighted by atomic mass is 16.1. The normalized spacial score (nSPS) is 9.81. The summed E-state index contributed by atoms with van der Waals surface area (Å²) in [5.74, 6) is 0. The highest BCUT2D eigenvalue weighted by molar-refractivity contribution is 5.42. The quantitative estimate of drug-likeness (QED) is 0.578. The summed E-state index contributed by atoms with van der Waals surface area (Å²) in [6.07, 6.45) is 5.27. The van der Waals surface area contributed by atoms with Crippen LogP contribution in [0.15, 0.2) is 41.7 Å². The van der Waals surface area contributed by atoms with Gasteiger partial charge in [0.25, 0.3) is 0 Å². The molecule has 0 radical (unpaired) electrons. The third kappa shape index (κ3) is 2.07. The molecule has 0 unspecified atom stereocenters. The lowest BCUT2D eigenvalue weighted by Gasteiger charge is -2.06. The molecular weight excluding hydrogens is 202 g/mol. The third-order valence-electron chi connectivity index (χ3n) is 2.26. The van der Waals surface area contributed by atoms with Gasteiger partial charge >= 0.3 is 0 Å². The van der Waals surface area contributed by atoms with Crippen molar-refractivity contribution < 1.29 is 4.79 Å². The van der Waals surface area contributed by atoms with Gasteiger partial charge in [0.05, 0.1) is 18.4 Å². The van der Waals surface area contributed by atoms with E-state index in [2.05, 4.69) is 10.1 Å². The zero-order valence-corrected chi connectivity index (χ0v) is 8.92. The first-order valence-electron chi connectivity index (χ1n) is 4.94. The molecule has 0 aliphatic heterocycles.